The van der Waals surface area contributed by atoms with Crippen LogP contribution in [0.15, 0.2) is 0 Å². The molecule has 0 radical (unpaired) electrons. The summed E-state index contributed by atoms with van der Waals surface area (Å²) < 4.78 is 5.63. The van der Waals surface area contributed by atoms with Gasteiger partial charge in [-0.25, -0.2) is 0 Å². The number of hydrogen-bond donors (Lipinski definition) is 2. The maximum atomic E-state index is 9.29. The highest BCUT2D eigenvalue weighted by atomic mass is 16.5. The average Bonchev–Trinajstić information content (AvgIpc) is 2.39. The van der Waals surface area contributed by atoms with Gasteiger partial charge in [0, 0.05) is 18.6 Å². The first kappa shape index (κ1) is 14.3. The van der Waals surface area contributed by atoms with Crippen LogP contribution in [0.3, 0.4) is 0 Å². The normalized spacial score (nSPS) is 43.0. The molecule has 5 atom stereocenters. The third-order valence-electron chi connectivity index (χ3n) is 4.70. The zero-order valence-corrected chi connectivity index (χ0v) is 11.7. The molecule has 1 saturated heterocycles. The van der Waals surface area contributed by atoms with Gasteiger partial charge in [0.2, 0.25) is 0 Å². The number of morpholine rings is 1. The van der Waals surface area contributed by atoms with Crippen molar-refractivity contribution in [3.05, 3.63) is 0 Å². The molecular weight excluding hydrogens is 228 g/mol. The smallest absolute Gasteiger partial charge is 0.0933 e. The van der Waals surface area contributed by atoms with Crippen molar-refractivity contribution in [3.8, 4) is 0 Å². The summed E-state index contributed by atoms with van der Waals surface area (Å²) in [5, 5.41) is 9.29. The molecule has 0 aromatic heterocycles. The predicted octanol–water partition coefficient (Wildman–Crippen LogP) is 0.832. The van der Waals surface area contributed by atoms with Crippen LogP contribution in [0, 0.1) is 11.8 Å². The van der Waals surface area contributed by atoms with Crippen LogP contribution in [0.1, 0.15) is 33.1 Å². The van der Waals surface area contributed by atoms with Gasteiger partial charge in [0.15, 0.2) is 0 Å². The second-order valence-electron chi connectivity index (χ2n) is 6.17. The van der Waals surface area contributed by atoms with Crippen molar-refractivity contribution >= 4 is 0 Å². The molecule has 2 aliphatic rings. The molecular formula is C14H28N2O2. The Kier molecular flexibility index (Phi) is 5.01. The Morgan fingerprint density at radius 1 is 1.33 bits per heavy atom. The van der Waals surface area contributed by atoms with Gasteiger partial charge in [-0.05, 0) is 38.1 Å². The molecule has 3 N–H and O–H groups in total. The fourth-order valence-electron chi connectivity index (χ4n) is 3.51. The number of nitrogens with zero attached hydrogens (tertiary/aromatic N) is 1. The van der Waals surface area contributed by atoms with Gasteiger partial charge in [0.1, 0.15) is 0 Å². The van der Waals surface area contributed by atoms with Gasteiger partial charge >= 0.3 is 0 Å². The molecule has 4 nitrogen and oxygen atoms in total. The number of hydrogen-bond acceptors (Lipinski definition) is 4. The zero-order valence-electron chi connectivity index (χ0n) is 11.7. The molecule has 1 aliphatic heterocycles. The maximum Gasteiger partial charge on any atom is 0.0933 e. The average molecular weight is 256 g/mol. The Morgan fingerprint density at radius 2 is 2.11 bits per heavy atom. The first-order valence-electron chi connectivity index (χ1n) is 7.34. The van der Waals surface area contributed by atoms with Gasteiger partial charge < -0.3 is 15.6 Å². The highest BCUT2D eigenvalue weighted by Crippen LogP contribution is 2.33. The SMILES string of the molecule is CC1CCC(CN)C(N2CC(CO)OCC2C)C1. The highest BCUT2D eigenvalue weighted by Gasteiger charge is 2.37. The van der Waals surface area contributed by atoms with E-state index in [0.29, 0.717) is 18.0 Å². The molecule has 2 rings (SSSR count). The van der Waals surface area contributed by atoms with Crippen LogP contribution >= 0.6 is 0 Å². The lowest BCUT2D eigenvalue weighted by atomic mass is 9.77. The zero-order chi connectivity index (χ0) is 13.1. The summed E-state index contributed by atoms with van der Waals surface area (Å²) in [5.41, 5.74) is 5.95. The molecule has 2 fully saturated rings. The van der Waals surface area contributed by atoms with E-state index in [0.717, 1.165) is 25.6 Å². The molecule has 106 valence electrons. The van der Waals surface area contributed by atoms with Gasteiger partial charge in [-0.1, -0.05) is 13.3 Å². The lowest BCUT2D eigenvalue weighted by molar-refractivity contribution is -0.105. The largest absolute Gasteiger partial charge is 0.394 e. The molecule has 1 heterocycles. The summed E-state index contributed by atoms with van der Waals surface area (Å²) in [6, 6.07) is 1.02. The fraction of sp³-hybridized carbons (Fsp3) is 1.00. The fourth-order valence-corrected chi connectivity index (χ4v) is 3.51. The molecule has 4 heteroatoms. The number of aliphatic hydroxyl groups is 1. The van der Waals surface area contributed by atoms with Crippen molar-refractivity contribution in [2.75, 3.05) is 26.3 Å². The third-order valence-corrected chi connectivity index (χ3v) is 4.70. The minimum atomic E-state index is -0.0168. The number of aliphatic hydroxyl groups excluding tert-OH is 1. The van der Waals surface area contributed by atoms with Gasteiger partial charge in [0.25, 0.3) is 0 Å². The summed E-state index contributed by atoms with van der Waals surface area (Å²) in [4.78, 5) is 2.54. The van der Waals surface area contributed by atoms with Crippen molar-refractivity contribution in [2.45, 2.75) is 51.3 Å². The molecule has 5 unspecified atom stereocenters. The summed E-state index contributed by atoms with van der Waals surface area (Å²) in [5.74, 6) is 1.40. The first-order valence-corrected chi connectivity index (χ1v) is 7.34. The van der Waals surface area contributed by atoms with Crippen molar-refractivity contribution in [3.63, 3.8) is 0 Å². The van der Waals surface area contributed by atoms with Crippen LogP contribution < -0.4 is 5.73 Å². The Labute approximate surface area is 110 Å². The van der Waals surface area contributed by atoms with E-state index in [2.05, 4.69) is 18.7 Å². The van der Waals surface area contributed by atoms with E-state index in [1.54, 1.807) is 0 Å². The number of nitrogens with two attached hydrogens (primary N) is 1. The first-order chi connectivity index (χ1) is 8.65. The molecule has 1 aliphatic carbocycles. The van der Waals surface area contributed by atoms with Crippen molar-refractivity contribution in [1.82, 2.24) is 4.90 Å². The summed E-state index contributed by atoms with van der Waals surface area (Å²) in [6.07, 6.45) is 3.78. The van der Waals surface area contributed by atoms with E-state index < -0.39 is 0 Å². The van der Waals surface area contributed by atoms with Crippen molar-refractivity contribution < 1.29 is 9.84 Å². The van der Waals surface area contributed by atoms with Crippen molar-refractivity contribution in [2.24, 2.45) is 17.6 Å². The third kappa shape index (κ3) is 3.05. The molecule has 0 aromatic rings. The number of ether oxygens (including phenoxy) is 1. The van der Waals surface area contributed by atoms with Crippen LogP contribution in [0.4, 0.5) is 0 Å². The predicted molar refractivity (Wildman–Crippen MR) is 72.3 cm³/mol. The van der Waals surface area contributed by atoms with E-state index in [4.69, 9.17) is 10.5 Å². The molecule has 0 bridgehead atoms. The highest BCUT2D eigenvalue weighted by molar-refractivity contribution is 4.91. The minimum Gasteiger partial charge on any atom is -0.394 e. The molecule has 0 amide bonds. The lowest BCUT2D eigenvalue weighted by Gasteiger charge is -2.48. The van der Waals surface area contributed by atoms with Crippen LogP contribution in [0.2, 0.25) is 0 Å². The number of rotatable bonds is 3. The van der Waals surface area contributed by atoms with Gasteiger partial charge in [0.05, 0.1) is 19.3 Å². The Hall–Kier alpha value is -0.160. The monoisotopic (exact) mass is 256 g/mol. The molecule has 1 saturated carbocycles. The minimum absolute atomic E-state index is 0.0168. The Morgan fingerprint density at radius 3 is 2.78 bits per heavy atom. The maximum absolute atomic E-state index is 9.29. The van der Waals surface area contributed by atoms with Gasteiger partial charge in [-0.3, -0.25) is 4.90 Å². The Bertz CT molecular complexity index is 262. The summed E-state index contributed by atoms with van der Waals surface area (Å²) >= 11 is 0. The molecule has 18 heavy (non-hydrogen) atoms. The van der Waals surface area contributed by atoms with E-state index in [1.165, 1.54) is 19.3 Å². The quantitative estimate of drug-likeness (QED) is 0.785. The second kappa shape index (κ2) is 6.33. The van der Waals surface area contributed by atoms with Crippen LogP contribution in [-0.4, -0.2) is 54.5 Å². The van der Waals surface area contributed by atoms with Gasteiger partial charge in [-0.15, -0.1) is 0 Å². The van der Waals surface area contributed by atoms with E-state index in [9.17, 15) is 5.11 Å². The van der Waals surface area contributed by atoms with E-state index >= 15 is 0 Å². The summed E-state index contributed by atoms with van der Waals surface area (Å²) in [7, 11) is 0. The van der Waals surface area contributed by atoms with E-state index in [1.807, 2.05) is 0 Å². The standard InChI is InChI=1S/C14H28N2O2/c1-10-3-4-12(6-15)14(5-10)16-7-13(8-17)18-9-11(16)2/h10-14,17H,3-9,15H2,1-2H3. The van der Waals surface area contributed by atoms with Gasteiger partial charge in [-0.2, -0.15) is 0 Å². The lowest BCUT2D eigenvalue weighted by Crippen LogP contribution is -2.57. The topological polar surface area (TPSA) is 58.7 Å². The summed E-state index contributed by atoms with van der Waals surface area (Å²) in [6.45, 7) is 7.05. The van der Waals surface area contributed by atoms with E-state index in [-0.39, 0.29) is 12.7 Å². The van der Waals surface area contributed by atoms with Crippen LogP contribution in [-0.2, 0) is 4.74 Å². The molecule has 0 spiro atoms. The molecule has 0 aromatic carbocycles. The second-order valence-corrected chi connectivity index (χ2v) is 6.17. The van der Waals surface area contributed by atoms with Crippen LogP contribution in [0.25, 0.3) is 0 Å². The van der Waals surface area contributed by atoms with Crippen LogP contribution in [0.5, 0.6) is 0 Å². The van der Waals surface area contributed by atoms with Crippen molar-refractivity contribution in [1.29, 1.82) is 0 Å². The Balaban J connectivity index is 2.05.